The molecule has 1 aromatic heterocycles. The Morgan fingerprint density at radius 3 is 2.78 bits per heavy atom. The molecule has 4 rings (SSSR count). The summed E-state index contributed by atoms with van der Waals surface area (Å²) < 4.78 is 0. The van der Waals surface area contributed by atoms with Crippen LogP contribution < -0.4 is 5.32 Å². The van der Waals surface area contributed by atoms with E-state index < -0.39 is 5.54 Å². The van der Waals surface area contributed by atoms with E-state index in [2.05, 4.69) is 10.3 Å². The van der Waals surface area contributed by atoms with Gasteiger partial charge in [-0.3, -0.25) is 14.6 Å². The maximum Gasteiger partial charge on any atom is 0.253 e. The molecule has 1 aromatic carbocycles. The Morgan fingerprint density at radius 1 is 1.22 bits per heavy atom. The molecule has 0 bridgehead atoms. The lowest BCUT2D eigenvalue weighted by molar-refractivity contribution is -0.133. The second kappa shape index (κ2) is 4.91. The van der Waals surface area contributed by atoms with Gasteiger partial charge < -0.3 is 10.2 Å². The first-order valence-corrected chi connectivity index (χ1v) is 7.72. The Balaban J connectivity index is 1.63. The summed E-state index contributed by atoms with van der Waals surface area (Å²) in [7, 11) is 0. The summed E-state index contributed by atoms with van der Waals surface area (Å²) >= 11 is 0. The minimum absolute atomic E-state index is 0.0434. The summed E-state index contributed by atoms with van der Waals surface area (Å²) in [5, 5.41) is 2.90. The monoisotopic (exact) mass is 307 g/mol. The van der Waals surface area contributed by atoms with Gasteiger partial charge in [-0.15, -0.1) is 0 Å². The summed E-state index contributed by atoms with van der Waals surface area (Å²) in [4.78, 5) is 31.1. The van der Waals surface area contributed by atoms with Crippen molar-refractivity contribution >= 4 is 11.8 Å². The fourth-order valence-corrected chi connectivity index (χ4v) is 3.47. The molecule has 0 saturated carbocycles. The maximum atomic E-state index is 13.0. The molecule has 2 aromatic rings. The third-order valence-electron chi connectivity index (χ3n) is 4.76. The van der Waals surface area contributed by atoms with Crippen LogP contribution in [0, 0.1) is 6.92 Å². The van der Waals surface area contributed by atoms with Gasteiger partial charge in [0, 0.05) is 43.0 Å². The molecule has 23 heavy (non-hydrogen) atoms. The number of hydrogen-bond acceptors (Lipinski definition) is 3. The number of aryl methyl sites for hydroxylation is 1. The first kappa shape index (κ1) is 13.9. The van der Waals surface area contributed by atoms with Crippen LogP contribution >= 0.6 is 0 Å². The molecular formula is C18H17N3O2. The molecule has 116 valence electrons. The van der Waals surface area contributed by atoms with Crippen LogP contribution in [0.25, 0.3) is 0 Å². The average molecular weight is 307 g/mol. The largest absolute Gasteiger partial charge is 0.336 e. The van der Waals surface area contributed by atoms with Crippen LogP contribution in [0.15, 0.2) is 42.7 Å². The smallest absolute Gasteiger partial charge is 0.253 e. The number of carbonyl (C=O) groups is 2. The van der Waals surface area contributed by atoms with Gasteiger partial charge in [-0.1, -0.05) is 29.8 Å². The van der Waals surface area contributed by atoms with Crippen molar-refractivity contribution < 1.29 is 9.59 Å². The number of aromatic nitrogens is 1. The third kappa shape index (κ3) is 2.04. The number of carbonyl (C=O) groups excluding carboxylic acids is 2. The van der Waals surface area contributed by atoms with Gasteiger partial charge in [-0.2, -0.15) is 0 Å². The Morgan fingerprint density at radius 2 is 2.00 bits per heavy atom. The maximum absolute atomic E-state index is 13.0. The molecule has 2 aliphatic heterocycles. The normalized spacial score (nSPS) is 22.6. The van der Waals surface area contributed by atoms with Crippen LogP contribution in [-0.2, 0) is 16.9 Å². The van der Waals surface area contributed by atoms with Crippen molar-refractivity contribution in [3.8, 4) is 0 Å². The van der Waals surface area contributed by atoms with Crippen LogP contribution in [0.4, 0.5) is 0 Å². The molecule has 5 heteroatoms. The van der Waals surface area contributed by atoms with E-state index in [-0.39, 0.29) is 11.8 Å². The standard InChI is InChI=1S/C18H17N3O2/c1-12-2-4-13(5-3-12)11-21-9-7-18(17(21)23)15-10-19-8-6-14(15)16(22)20-18/h2-6,8,10H,7,9,11H2,1H3,(H,20,22). The lowest BCUT2D eigenvalue weighted by atomic mass is 9.90. The Bertz CT molecular complexity index is 800. The van der Waals surface area contributed by atoms with Crippen LogP contribution in [0.5, 0.6) is 0 Å². The second-order valence-corrected chi connectivity index (χ2v) is 6.24. The van der Waals surface area contributed by atoms with Crippen molar-refractivity contribution in [1.82, 2.24) is 15.2 Å². The zero-order valence-corrected chi connectivity index (χ0v) is 12.9. The fraction of sp³-hybridized carbons (Fsp3) is 0.278. The lowest BCUT2D eigenvalue weighted by Gasteiger charge is -2.24. The molecule has 0 radical (unpaired) electrons. The third-order valence-corrected chi connectivity index (χ3v) is 4.76. The quantitative estimate of drug-likeness (QED) is 0.919. The van der Waals surface area contributed by atoms with Gasteiger partial charge in [-0.25, -0.2) is 0 Å². The van der Waals surface area contributed by atoms with Crippen LogP contribution in [-0.4, -0.2) is 28.2 Å². The number of fused-ring (bicyclic) bond motifs is 2. The van der Waals surface area contributed by atoms with Gasteiger partial charge in [0.15, 0.2) is 0 Å². The predicted molar refractivity (Wildman–Crippen MR) is 84.6 cm³/mol. The summed E-state index contributed by atoms with van der Waals surface area (Å²) in [6, 6.07) is 9.84. The lowest BCUT2D eigenvalue weighted by Crippen LogP contribution is -2.46. The van der Waals surface area contributed by atoms with E-state index in [1.165, 1.54) is 5.56 Å². The molecule has 1 spiro atoms. The highest BCUT2D eigenvalue weighted by atomic mass is 16.2. The van der Waals surface area contributed by atoms with Gasteiger partial charge in [0.1, 0.15) is 5.54 Å². The van der Waals surface area contributed by atoms with Crippen LogP contribution in [0.3, 0.4) is 0 Å². The molecular weight excluding hydrogens is 290 g/mol. The van der Waals surface area contributed by atoms with Crippen molar-refractivity contribution in [3.05, 3.63) is 65.0 Å². The van der Waals surface area contributed by atoms with Crippen molar-refractivity contribution in [2.45, 2.75) is 25.4 Å². The molecule has 1 unspecified atom stereocenters. The molecule has 0 aliphatic carbocycles. The predicted octanol–water partition coefficient (Wildman–Crippen LogP) is 1.76. The molecule has 1 atom stereocenters. The van der Waals surface area contributed by atoms with E-state index in [0.29, 0.717) is 30.6 Å². The van der Waals surface area contributed by atoms with Crippen molar-refractivity contribution in [3.63, 3.8) is 0 Å². The van der Waals surface area contributed by atoms with E-state index in [1.54, 1.807) is 18.5 Å². The zero-order chi connectivity index (χ0) is 16.0. The first-order valence-electron chi connectivity index (χ1n) is 7.72. The average Bonchev–Trinajstić information content (AvgIpc) is 3.03. The number of nitrogens with one attached hydrogen (secondary N) is 1. The number of amides is 2. The molecule has 1 saturated heterocycles. The van der Waals surface area contributed by atoms with E-state index in [4.69, 9.17) is 0 Å². The Kier molecular flexibility index (Phi) is 2.98. The highest BCUT2D eigenvalue weighted by molar-refractivity contribution is 6.07. The Labute approximate surface area is 134 Å². The van der Waals surface area contributed by atoms with Gasteiger partial charge in [0.05, 0.1) is 0 Å². The van der Waals surface area contributed by atoms with Crippen molar-refractivity contribution in [2.75, 3.05) is 6.54 Å². The molecule has 1 fully saturated rings. The van der Waals surface area contributed by atoms with Gasteiger partial charge in [0.2, 0.25) is 0 Å². The minimum atomic E-state index is -0.925. The fourth-order valence-electron chi connectivity index (χ4n) is 3.47. The number of pyridine rings is 1. The molecule has 2 aliphatic rings. The van der Waals surface area contributed by atoms with Gasteiger partial charge in [-0.05, 0) is 18.6 Å². The van der Waals surface area contributed by atoms with E-state index in [9.17, 15) is 9.59 Å². The highest BCUT2D eigenvalue weighted by Crippen LogP contribution is 2.39. The summed E-state index contributed by atoms with van der Waals surface area (Å²) in [5.41, 5.74) is 2.63. The van der Waals surface area contributed by atoms with Crippen LogP contribution in [0.2, 0.25) is 0 Å². The molecule has 3 heterocycles. The molecule has 1 N–H and O–H groups in total. The summed E-state index contributed by atoms with van der Waals surface area (Å²) in [5.74, 6) is -0.230. The van der Waals surface area contributed by atoms with E-state index in [0.717, 1.165) is 5.56 Å². The summed E-state index contributed by atoms with van der Waals surface area (Å²) in [6.45, 7) is 3.23. The first-order chi connectivity index (χ1) is 11.1. The number of hydrogen-bond donors (Lipinski definition) is 1. The summed E-state index contributed by atoms with van der Waals surface area (Å²) in [6.07, 6.45) is 3.81. The number of likely N-dealkylation sites (tertiary alicyclic amines) is 1. The Hall–Kier alpha value is -2.69. The minimum Gasteiger partial charge on any atom is -0.336 e. The number of nitrogens with zero attached hydrogens (tertiary/aromatic N) is 2. The number of rotatable bonds is 2. The highest BCUT2D eigenvalue weighted by Gasteiger charge is 2.54. The topological polar surface area (TPSA) is 62.3 Å². The molecule has 2 amide bonds. The second-order valence-electron chi connectivity index (χ2n) is 6.24. The van der Waals surface area contributed by atoms with Crippen molar-refractivity contribution in [1.29, 1.82) is 0 Å². The SMILES string of the molecule is Cc1ccc(CN2CCC3(NC(=O)c4ccncc43)C2=O)cc1. The van der Waals surface area contributed by atoms with E-state index in [1.807, 2.05) is 36.1 Å². The van der Waals surface area contributed by atoms with Crippen LogP contribution in [0.1, 0.15) is 33.5 Å². The van der Waals surface area contributed by atoms with Gasteiger partial charge in [0.25, 0.3) is 11.8 Å². The van der Waals surface area contributed by atoms with Gasteiger partial charge >= 0.3 is 0 Å². The molecule has 5 nitrogen and oxygen atoms in total. The van der Waals surface area contributed by atoms with E-state index >= 15 is 0 Å². The number of benzene rings is 1. The zero-order valence-electron chi connectivity index (χ0n) is 12.9. The van der Waals surface area contributed by atoms with Crippen molar-refractivity contribution in [2.24, 2.45) is 0 Å².